The van der Waals surface area contributed by atoms with Crippen LogP contribution in [0.3, 0.4) is 0 Å². The molecule has 12 heavy (non-hydrogen) atoms. The zero-order chi connectivity index (χ0) is 9.40. The van der Waals surface area contributed by atoms with Crippen LogP contribution in [0.5, 0.6) is 0 Å². The number of hydrogen-bond donors (Lipinski definition) is 1. The molecular weight excluding hydrogens is 148 g/mol. The first-order chi connectivity index (χ1) is 5.70. The Labute approximate surface area is 76.5 Å². The average molecular weight is 170 g/mol. The molecule has 0 aromatic rings. The van der Waals surface area contributed by atoms with Crippen molar-refractivity contribution in [3.8, 4) is 0 Å². The lowest BCUT2D eigenvalue weighted by molar-refractivity contribution is 0.224. The highest BCUT2D eigenvalue weighted by Gasteiger charge is 2.00. The summed E-state index contributed by atoms with van der Waals surface area (Å²) in [5.41, 5.74) is 0. The van der Waals surface area contributed by atoms with Crippen molar-refractivity contribution in [3.63, 3.8) is 0 Å². The second kappa shape index (κ2) is 7.35. The first-order valence-corrected chi connectivity index (χ1v) is 4.96. The molecule has 0 aromatic carbocycles. The Morgan fingerprint density at radius 2 is 1.75 bits per heavy atom. The van der Waals surface area contributed by atoms with Crippen molar-refractivity contribution in [2.24, 2.45) is 11.8 Å². The van der Waals surface area contributed by atoms with Gasteiger partial charge in [0.15, 0.2) is 0 Å². The third kappa shape index (κ3) is 6.41. The van der Waals surface area contributed by atoms with Gasteiger partial charge < -0.3 is 5.11 Å². The summed E-state index contributed by atoms with van der Waals surface area (Å²) < 4.78 is 0. The van der Waals surface area contributed by atoms with Gasteiger partial charge in [0.25, 0.3) is 0 Å². The van der Waals surface area contributed by atoms with E-state index in [-0.39, 0.29) is 0 Å². The van der Waals surface area contributed by atoms with E-state index in [4.69, 9.17) is 5.11 Å². The summed E-state index contributed by atoms with van der Waals surface area (Å²) in [5.74, 6) is 1.21. The molecule has 0 aliphatic heterocycles. The molecule has 0 fully saturated rings. The van der Waals surface area contributed by atoms with Crippen LogP contribution >= 0.6 is 0 Å². The molecule has 1 atom stereocenters. The molecule has 0 radical (unpaired) electrons. The molecule has 0 aromatic heterocycles. The predicted octanol–water partition coefficient (Wildman–Crippen LogP) is 3.00. The molecule has 72 valence electrons. The Hall–Kier alpha value is -0.300. The summed E-state index contributed by atoms with van der Waals surface area (Å²) in [6.07, 6.45) is 7.68. The van der Waals surface area contributed by atoms with E-state index >= 15 is 0 Å². The van der Waals surface area contributed by atoms with Crippen molar-refractivity contribution in [3.05, 3.63) is 12.2 Å². The van der Waals surface area contributed by atoms with Gasteiger partial charge in [0.2, 0.25) is 0 Å². The van der Waals surface area contributed by atoms with Crippen LogP contribution in [0.15, 0.2) is 12.2 Å². The summed E-state index contributed by atoms with van der Waals surface area (Å²) in [4.78, 5) is 0. The van der Waals surface area contributed by atoms with Gasteiger partial charge in [-0.15, -0.1) is 0 Å². The molecule has 1 unspecified atom stereocenters. The van der Waals surface area contributed by atoms with E-state index < -0.39 is 0 Å². The Morgan fingerprint density at radius 1 is 1.17 bits per heavy atom. The van der Waals surface area contributed by atoms with Gasteiger partial charge in [0.1, 0.15) is 0 Å². The summed E-state index contributed by atoms with van der Waals surface area (Å²) in [5, 5.41) is 8.90. The first-order valence-electron chi connectivity index (χ1n) is 4.96. The van der Waals surface area contributed by atoms with Gasteiger partial charge in [-0.3, -0.25) is 0 Å². The highest BCUT2D eigenvalue weighted by Crippen LogP contribution is 2.08. The van der Waals surface area contributed by atoms with Crippen LogP contribution in [0, 0.1) is 11.8 Å². The van der Waals surface area contributed by atoms with Gasteiger partial charge in [0, 0.05) is 6.61 Å². The maximum absolute atomic E-state index is 8.90. The van der Waals surface area contributed by atoms with E-state index in [0.29, 0.717) is 12.5 Å². The maximum atomic E-state index is 8.90. The topological polar surface area (TPSA) is 20.2 Å². The zero-order valence-corrected chi connectivity index (χ0v) is 8.59. The van der Waals surface area contributed by atoms with E-state index in [9.17, 15) is 0 Å². The summed E-state index contributed by atoms with van der Waals surface area (Å²) in [6.45, 7) is 6.88. The molecular formula is C11H22O. The Morgan fingerprint density at radius 3 is 2.17 bits per heavy atom. The highest BCUT2D eigenvalue weighted by atomic mass is 16.3. The minimum absolute atomic E-state index is 0.322. The predicted molar refractivity (Wildman–Crippen MR) is 54.1 cm³/mol. The van der Waals surface area contributed by atoms with Gasteiger partial charge in [-0.2, -0.15) is 0 Å². The summed E-state index contributed by atoms with van der Waals surface area (Å²) in [6, 6.07) is 0. The molecule has 0 heterocycles. The average Bonchev–Trinajstić information content (AvgIpc) is 2.04. The second-order valence-corrected chi connectivity index (χ2v) is 3.79. The van der Waals surface area contributed by atoms with Crippen molar-refractivity contribution in [1.29, 1.82) is 0 Å². The number of aliphatic hydroxyl groups is 1. The van der Waals surface area contributed by atoms with Crippen LogP contribution in [-0.2, 0) is 0 Å². The smallest absolute Gasteiger partial charge is 0.0462 e. The van der Waals surface area contributed by atoms with Crippen molar-refractivity contribution in [1.82, 2.24) is 0 Å². The minimum atomic E-state index is 0.322. The lowest BCUT2D eigenvalue weighted by Gasteiger charge is -2.07. The number of hydrogen-bond acceptors (Lipinski definition) is 1. The van der Waals surface area contributed by atoms with Crippen molar-refractivity contribution in [2.45, 2.75) is 40.0 Å². The normalized spacial score (nSPS) is 14.4. The summed E-state index contributed by atoms with van der Waals surface area (Å²) >= 11 is 0. The maximum Gasteiger partial charge on any atom is 0.0462 e. The van der Waals surface area contributed by atoms with Crippen LogP contribution < -0.4 is 0 Å². The fourth-order valence-corrected chi connectivity index (χ4v) is 1.03. The molecule has 0 saturated heterocycles. The second-order valence-electron chi connectivity index (χ2n) is 3.79. The molecule has 0 aliphatic rings. The van der Waals surface area contributed by atoms with Crippen molar-refractivity contribution < 1.29 is 5.11 Å². The van der Waals surface area contributed by atoms with Crippen LogP contribution in [0.2, 0.25) is 0 Å². The fourth-order valence-electron chi connectivity index (χ4n) is 1.03. The summed E-state index contributed by atoms with van der Waals surface area (Å²) in [7, 11) is 0. The van der Waals surface area contributed by atoms with Gasteiger partial charge in [-0.05, 0) is 24.7 Å². The third-order valence-electron chi connectivity index (χ3n) is 2.08. The lowest BCUT2D eigenvalue weighted by atomic mass is 10.0. The molecule has 1 heteroatoms. The van der Waals surface area contributed by atoms with E-state index in [1.165, 1.54) is 0 Å². The van der Waals surface area contributed by atoms with Gasteiger partial charge in [-0.1, -0.05) is 39.3 Å². The largest absolute Gasteiger partial charge is 0.396 e. The molecule has 0 bridgehead atoms. The van der Waals surface area contributed by atoms with Gasteiger partial charge >= 0.3 is 0 Å². The Balaban J connectivity index is 3.44. The minimum Gasteiger partial charge on any atom is -0.396 e. The highest BCUT2D eigenvalue weighted by molar-refractivity contribution is 4.84. The number of allylic oxidation sites excluding steroid dienone is 2. The molecule has 0 aliphatic carbocycles. The third-order valence-corrected chi connectivity index (χ3v) is 2.08. The fraction of sp³-hybridized carbons (Fsp3) is 0.818. The lowest BCUT2D eigenvalue weighted by Crippen LogP contribution is -2.02. The van der Waals surface area contributed by atoms with Crippen molar-refractivity contribution in [2.75, 3.05) is 6.61 Å². The van der Waals surface area contributed by atoms with Crippen LogP contribution in [0.25, 0.3) is 0 Å². The van der Waals surface area contributed by atoms with E-state index in [2.05, 4.69) is 32.9 Å². The number of aliphatic hydroxyl groups excluding tert-OH is 1. The molecule has 0 rings (SSSR count). The molecule has 1 N–H and O–H groups in total. The molecule has 0 saturated carbocycles. The monoisotopic (exact) mass is 170 g/mol. The van der Waals surface area contributed by atoms with Crippen LogP contribution in [-0.4, -0.2) is 11.7 Å². The molecule has 0 amide bonds. The first kappa shape index (κ1) is 11.7. The van der Waals surface area contributed by atoms with Gasteiger partial charge in [0.05, 0.1) is 0 Å². The molecule has 1 nitrogen and oxygen atoms in total. The van der Waals surface area contributed by atoms with Crippen molar-refractivity contribution >= 4 is 0 Å². The molecule has 0 spiro atoms. The quantitative estimate of drug-likeness (QED) is 0.608. The Bertz CT molecular complexity index is 112. The Kier molecular flexibility index (Phi) is 7.17. The van der Waals surface area contributed by atoms with E-state index in [0.717, 1.165) is 25.2 Å². The SMILES string of the molecule is CCC(CO)CC=CCC(C)C. The van der Waals surface area contributed by atoms with Gasteiger partial charge in [-0.25, -0.2) is 0 Å². The van der Waals surface area contributed by atoms with Crippen LogP contribution in [0.1, 0.15) is 40.0 Å². The van der Waals surface area contributed by atoms with E-state index in [1.54, 1.807) is 0 Å². The standard InChI is InChI=1S/C11H22O/c1-4-11(9-12)8-6-5-7-10(2)3/h5-6,10-12H,4,7-9H2,1-3H3. The van der Waals surface area contributed by atoms with E-state index in [1.807, 2.05) is 0 Å². The zero-order valence-electron chi connectivity index (χ0n) is 8.59. The van der Waals surface area contributed by atoms with Crippen LogP contribution in [0.4, 0.5) is 0 Å². The number of rotatable bonds is 6.